The maximum Gasteiger partial charge on any atom is 0.191 e. The maximum atomic E-state index is 13.7. The number of amidine groups is 1. The minimum atomic E-state index is -0.221. The fraction of sp³-hybridized carbons (Fsp3) is 0.281. The first-order chi connectivity index (χ1) is 17.9. The van der Waals surface area contributed by atoms with Crippen LogP contribution in [0.2, 0.25) is 0 Å². The number of hydrogen-bond acceptors (Lipinski definition) is 3. The van der Waals surface area contributed by atoms with E-state index in [-0.39, 0.29) is 5.82 Å². The average Bonchev–Trinajstić information content (AvgIpc) is 3.75. The summed E-state index contributed by atoms with van der Waals surface area (Å²) >= 11 is 0. The second-order valence-electron chi connectivity index (χ2n) is 9.46. The van der Waals surface area contributed by atoms with Gasteiger partial charge in [-0.3, -0.25) is 0 Å². The number of aryl methyl sites for hydroxylation is 4. The molecule has 2 aliphatic carbocycles. The van der Waals surface area contributed by atoms with Gasteiger partial charge in [-0.05, 0) is 56.4 Å². The van der Waals surface area contributed by atoms with Crippen LogP contribution in [0.4, 0.5) is 4.39 Å². The van der Waals surface area contributed by atoms with Crippen molar-refractivity contribution in [3.8, 4) is 0 Å². The third-order valence-corrected chi connectivity index (χ3v) is 6.46. The molecule has 0 saturated heterocycles. The molecule has 0 atom stereocenters. The molecule has 5 rings (SSSR count). The van der Waals surface area contributed by atoms with Crippen LogP contribution in [0, 0.1) is 26.1 Å². The fourth-order valence-corrected chi connectivity index (χ4v) is 4.33. The first-order valence-corrected chi connectivity index (χ1v) is 12.8. The zero-order valence-corrected chi connectivity index (χ0v) is 22.0. The molecule has 0 aliphatic heterocycles. The number of oxazole rings is 1. The Labute approximate surface area is 220 Å². The monoisotopic (exact) mass is 496 g/mol. The van der Waals surface area contributed by atoms with Crippen LogP contribution in [0.15, 0.2) is 88.3 Å². The number of benzene rings is 2. The molecule has 1 radical (unpaired) electrons. The lowest BCUT2D eigenvalue weighted by Gasteiger charge is -2.22. The topological polar surface area (TPSA) is 41.6 Å². The molecule has 37 heavy (non-hydrogen) atoms. The number of fused-ring (bicyclic) bond motifs is 1. The van der Waals surface area contributed by atoms with E-state index in [4.69, 9.17) is 9.41 Å². The van der Waals surface area contributed by atoms with E-state index in [2.05, 4.69) is 41.7 Å². The molecule has 0 bridgehead atoms. The molecule has 0 fully saturated rings. The van der Waals surface area contributed by atoms with Crippen molar-refractivity contribution in [1.29, 1.82) is 0 Å². The van der Waals surface area contributed by atoms with Gasteiger partial charge in [0, 0.05) is 44.5 Å². The molecule has 0 unspecified atom stereocenters. The molecule has 2 aliphatic rings. The van der Waals surface area contributed by atoms with Gasteiger partial charge in [-0.25, -0.2) is 14.4 Å². The van der Waals surface area contributed by atoms with Gasteiger partial charge in [0.15, 0.2) is 5.89 Å². The smallest absolute Gasteiger partial charge is 0.191 e. The molecule has 2 aromatic carbocycles. The Kier molecular flexibility index (Phi) is 8.89. The van der Waals surface area contributed by atoms with Gasteiger partial charge in [-0.1, -0.05) is 60.7 Å². The third-order valence-electron chi connectivity index (χ3n) is 6.46. The molecule has 1 aromatic heterocycles. The van der Waals surface area contributed by atoms with Crippen LogP contribution in [0.5, 0.6) is 0 Å². The Morgan fingerprint density at radius 1 is 1.05 bits per heavy atom. The predicted molar refractivity (Wildman–Crippen MR) is 150 cm³/mol. The largest absolute Gasteiger partial charge is 0.446 e. The molecule has 0 saturated carbocycles. The minimum absolute atomic E-state index is 0.221. The zero-order chi connectivity index (χ0) is 26.2. The molecule has 0 amide bonds. The third kappa shape index (κ3) is 7.63. The normalized spacial score (nSPS) is 15.5. The lowest BCUT2D eigenvalue weighted by molar-refractivity contribution is 0.473. The number of allylic oxidation sites excluding steroid dienone is 3. The van der Waals surface area contributed by atoms with Crippen molar-refractivity contribution in [2.45, 2.75) is 46.0 Å². The van der Waals surface area contributed by atoms with E-state index in [1.807, 2.05) is 43.7 Å². The number of rotatable bonds is 6. The Balaban J connectivity index is 0.000000994. The summed E-state index contributed by atoms with van der Waals surface area (Å²) in [6.07, 6.45) is 13.2. The quantitative estimate of drug-likeness (QED) is 0.154. The second-order valence-corrected chi connectivity index (χ2v) is 9.46. The van der Waals surface area contributed by atoms with E-state index < -0.39 is 0 Å². The average molecular weight is 497 g/mol. The summed E-state index contributed by atoms with van der Waals surface area (Å²) < 4.78 is 19.5. The van der Waals surface area contributed by atoms with Crippen molar-refractivity contribution in [2.24, 2.45) is 4.99 Å². The van der Waals surface area contributed by atoms with Gasteiger partial charge in [-0.15, -0.1) is 0 Å². The first-order valence-electron chi connectivity index (χ1n) is 12.8. The van der Waals surface area contributed by atoms with Gasteiger partial charge >= 0.3 is 0 Å². The summed E-state index contributed by atoms with van der Waals surface area (Å²) in [7, 11) is 2.06. The lowest BCUT2D eigenvalue weighted by Crippen LogP contribution is -2.28. The Hall–Kier alpha value is -3.73. The summed E-state index contributed by atoms with van der Waals surface area (Å²) in [4.78, 5) is 11.6. The molecule has 1 heterocycles. The molecule has 0 N–H and O–H groups in total. The number of nitrogens with zero attached hydrogens (tertiary/aromatic N) is 3. The zero-order valence-electron chi connectivity index (χ0n) is 22.0. The number of halogens is 1. The van der Waals surface area contributed by atoms with E-state index >= 15 is 0 Å². The maximum absolute atomic E-state index is 13.7. The van der Waals surface area contributed by atoms with Gasteiger partial charge in [-0.2, -0.15) is 0 Å². The highest BCUT2D eigenvalue weighted by Gasteiger charge is 2.17. The lowest BCUT2D eigenvalue weighted by atomic mass is 10.1. The highest BCUT2D eigenvalue weighted by atomic mass is 19.1. The highest BCUT2D eigenvalue weighted by molar-refractivity contribution is 6.01. The summed E-state index contributed by atoms with van der Waals surface area (Å²) in [5.74, 6) is 2.45. The SMILES string of the molecule is C=C(N=C(c1ccccc1)N(C)CC/C=C1/CCc2nc(C)oc2CC1)c1ccc(F)c(C)c1.[CH]1C=C1. The van der Waals surface area contributed by atoms with Crippen molar-refractivity contribution >= 4 is 11.5 Å². The molecule has 3 aromatic rings. The summed E-state index contributed by atoms with van der Waals surface area (Å²) in [5, 5.41) is 0. The molecular weight excluding hydrogens is 461 g/mol. The summed E-state index contributed by atoms with van der Waals surface area (Å²) in [6.45, 7) is 8.66. The summed E-state index contributed by atoms with van der Waals surface area (Å²) in [5.41, 5.74) is 5.63. The van der Waals surface area contributed by atoms with Crippen LogP contribution in [-0.4, -0.2) is 29.3 Å². The van der Waals surface area contributed by atoms with Crippen molar-refractivity contribution in [3.05, 3.63) is 125 Å². The van der Waals surface area contributed by atoms with E-state index in [0.717, 1.165) is 73.0 Å². The van der Waals surface area contributed by atoms with Crippen LogP contribution < -0.4 is 0 Å². The van der Waals surface area contributed by atoms with Gasteiger partial charge in [0.1, 0.15) is 17.4 Å². The predicted octanol–water partition coefficient (Wildman–Crippen LogP) is 7.44. The van der Waals surface area contributed by atoms with E-state index in [9.17, 15) is 4.39 Å². The van der Waals surface area contributed by atoms with Gasteiger partial charge in [0.2, 0.25) is 0 Å². The van der Waals surface area contributed by atoms with Gasteiger partial charge in [0.05, 0.1) is 11.4 Å². The summed E-state index contributed by atoms with van der Waals surface area (Å²) in [6, 6.07) is 15.1. The van der Waals surface area contributed by atoms with Crippen LogP contribution in [-0.2, 0) is 12.8 Å². The number of aromatic nitrogens is 1. The van der Waals surface area contributed by atoms with E-state index in [0.29, 0.717) is 11.3 Å². The van der Waals surface area contributed by atoms with Crippen molar-refractivity contribution < 1.29 is 8.81 Å². The number of hydrogen-bond donors (Lipinski definition) is 0. The Morgan fingerprint density at radius 2 is 1.78 bits per heavy atom. The standard InChI is InChI=1S/C29H32FN3O.C3H3/c1-20-19-25(14-15-26(20)30)21(2)31-29(24-10-6-5-7-11-24)33(4)18-8-9-23-12-16-27-28(17-13-23)34-22(3)32-27;1-2-3-1/h5-7,9-11,14-15,19H,2,8,12-13,16-18H2,1,3-4H3;1-3H/b23-9-,31-29?;. The molecule has 5 heteroatoms. The second kappa shape index (κ2) is 12.5. The molecule has 0 spiro atoms. The minimum Gasteiger partial charge on any atom is -0.446 e. The molecule has 191 valence electrons. The molecule has 4 nitrogen and oxygen atoms in total. The van der Waals surface area contributed by atoms with E-state index in [1.54, 1.807) is 19.1 Å². The fourth-order valence-electron chi connectivity index (χ4n) is 4.33. The highest BCUT2D eigenvalue weighted by Crippen LogP contribution is 2.25. The van der Waals surface area contributed by atoms with Gasteiger partial charge < -0.3 is 9.32 Å². The first kappa shape index (κ1) is 26.3. The Morgan fingerprint density at radius 3 is 2.49 bits per heavy atom. The van der Waals surface area contributed by atoms with Crippen LogP contribution in [0.25, 0.3) is 5.70 Å². The van der Waals surface area contributed by atoms with Crippen LogP contribution >= 0.6 is 0 Å². The Bertz CT molecular complexity index is 1290. The van der Waals surface area contributed by atoms with Crippen molar-refractivity contribution in [1.82, 2.24) is 9.88 Å². The van der Waals surface area contributed by atoms with Crippen LogP contribution in [0.3, 0.4) is 0 Å². The van der Waals surface area contributed by atoms with Crippen molar-refractivity contribution in [2.75, 3.05) is 13.6 Å². The van der Waals surface area contributed by atoms with Crippen molar-refractivity contribution in [3.63, 3.8) is 0 Å². The molecular formula is C32H35FN3O. The van der Waals surface area contributed by atoms with Crippen LogP contribution in [0.1, 0.15) is 53.3 Å². The van der Waals surface area contributed by atoms with Gasteiger partial charge in [0.25, 0.3) is 0 Å². The number of aliphatic imine (C=N–C) groups is 1. The van der Waals surface area contributed by atoms with E-state index in [1.165, 1.54) is 11.6 Å².